The molecule has 0 aromatic carbocycles. The van der Waals surface area contributed by atoms with Gasteiger partial charge in [0.2, 0.25) is 0 Å². The Morgan fingerprint density at radius 1 is 1.38 bits per heavy atom. The van der Waals surface area contributed by atoms with Crippen LogP contribution in [0.3, 0.4) is 0 Å². The van der Waals surface area contributed by atoms with Crippen LogP contribution in [-0.4, -0.2) is 34.8 Å². The molecule has 0 bridgehead atoms. The summed E-state index contributed by atoms with van der Waals surface area (Å²) in [6, 6.07) is 0. The van der Waals surface area contributed by atoms with Gasteiger partial charge in [0.1, 0.15) is 0 Å². The van der Waals surface area contributed by atoms with Crippen LogP contribution in [0.5, 0.6) is 0 Å². The van der Waals surface area contributed by atoms with Crippen molar-refractivity contribution in [2.75, 3.05) is 18.8 Å². The Hall–Kier alpha value is 0.270. The number of rotatable bonds is 2. The van der Waals surface area contributed by atoms with Gasteiger partial charge in [-0.25, -0.2) is 0 Å². The monoisotopic (exact) mass is 201 g/mol. The molecule has 0 aromatic rings. The van der Waals surface area contributed by atoms with E-state index in [1.807, 2.05) is 0 Å². The summed E-state index contributed by atoms with van der Waals surface area (Å²) in [6.07, 6.45) is 5.59. The zero-order chi connectivity index (χ0) is 9.15. The van der Waals surface area contributed by atoms with Crippen molar-refractivity contribution in [1.29, 1.82) is 0 Å². The van der Waals surface area contributed by atoms with Gasteiger partial charge in [-0.1, -0.05) is 0 Å². The van der Waals surface area contributed by atoms with Crippen molar-refractivity contribution in [3.63, 3.8) is 0 Å². The Morgan fingerprint density at radius 3 is 2.77 bits per heavy atom. The van der Waals surface area contributed by atoms with Crippen LogP contribution < -0.4 is 5.32 Å². The van der Waals surface area contributed by atoms with Gasteiger partial charge >= 0.3 is 0 Å². The van der Waals surface area contributed by atoms with Gasteiger partial charge in [0.05, 0.1) is 5.60 Å². The van der Waals surface area contributed by atoms with Crippen molar-refractivity contribution < 1.29 is 5.11 Å². The topological polar surface area (TPSA) is 32.3 Å². The molecule has 0 aromatic heterocycles. The number of piperidine rings is 1. The molecular weight excluding hydrogens is 182 g/mol. The Kier molecular flexibility index (Phi) is 3.17. The largest absolute Gasteiger partial charge is 0.390 e. The summed E-state index contributed by atoms with van der Waals surface area (Å²) >= 11 is 2.05. The summed E-state index contributed by atoms with van der Waals surface area (Å²) in [5.74, 6) is 1.30. The molecule has 0 amide bonds. The molecule has 2 fully saturated rings. The van der Waals surface area contributed by atoms with Gasteiger partial charge in [0, 0.05) is 5.25 Å². The maximum atomic E-state index is 10.3. The van der Waals surface area contributed by atoms with E-state index >= 15 is 0 Å². The van der Waals surface area contributed by atoms with Crippen LogP contribution in [0.15, 0.2) is 0 Å². The van der Waals surface area contributed by atoms with Crippen molar-refractivity contribution in [3.8, 4) is 0 Å². The second-order valence-electron chi connectivity index (χ2n) is 4.31. The third-order valence-corrected chi connectivity index (χ3v) is 4.56. The first-order valence-corrected chi connectivity index (χ1v) is 6.38. The minimum atomic E-state index is -0.340. The highest BCUT2D eigenvalue weighted by atomic mass is 32.2. The normalized spacial score (nSPS) is 33.5. The molecular formula is C10H19NOS. The van der Waals surface area contributed by atoms with E-state index in [0.29, 0.717) is 0 Å². The van der Waals surface area contributed by atoms with E-state index in [1.54, 1.807) is 0 Å². The second-order valence-corrected chi connectivity index (χ2v) is 5.72. The smallest absolute Gasteiger partial charge is 0.0682 e. The van der Waals surface area contributed by atoms with Crippen molar-refractivity contribution >= 4 is 11.8 Å². The first-order valence-electron chi connectivity index (χ1n) is 5.33. The van der Waals surface area contributed by atoms with Gasteiger partial charge in [0.25, 0.3) is 0 Å². The summed E-state index contributed by atoms with van der Waals surface area (Å²) in [6.45, 7) is 1.99. The lowest BCUT2D eigenvalue weighted by Crippen LogP contribution is -2.43. The molecule has 0 radical (unpaired) electrons. The van der Waals surface area contributed by atoms with Crippen molar-refractivity contribution in [2.45, 2.75) is 43.0 Å². The average molecular weight is 201 g/mol. The number of nitrogens with one attached hydrogen (secondary N) is 1. The molecule has 13 heavy (non-hydrogen) atoms. The van der Waals surface area contributed by atoms with Gasteiger partial charge in [-0.2, -0.15) is 11.8 Å². The minimum Gasteiger partial charge on any atom is -0.390 e. The van der Waals surface area contributed by atoms with Crippen LogP contribution in [0, 0.1) is 0 Å². The van der Waals surface area contributed by atoms with Crippen LogP contribution >= 0.6 is 11.8 Å². The standard InChI is InChI=1S/C10H19NOS/c12-10(3-5-11-6-4-10)8-9-2-1-7-13-9/h9,11-12H,1-8H2. The predicted octanol–water partition coefficient (Wildman–Crippen LogP) is 1.39. The molecule has 0 aliphatic carbocycles. The van der Waals surface area contributed by atoms with E-state index in [2.05, 4.69) is 17.1 Å². The molecule has 2 heterocycles. The quantitative estimate of drug-likeness (QED) is 0.708. The number of hydrogen-bond acceptors (Lipinski definition) is 3. The third kappa shape index (κ3) is 2.61. The fraction of sp³-hybridized carbons (Fsp3) is 1.00. The molecule has 1 atom stereocenters. The SMILES string of the molecule is OC1(CC2CCCS2)CCNCC1. The highest BCUT2D eigenvalue weighted by molar-refractivity contribution is 8.00. The second kappa shape index (κ2) is 4.20. The van der Waals surface area contributed by atoms with Crippen molar-refractivity contribution in [3.05, 3.63) is 0 Å². The van der Waals surface area contributed by atoms with E-state index in [4.69, 9.17) is 0 Å². The highest BCUT2D eigenvalue weighted by Crippen LogP contribution is 2.35. The van der Waals surface area contributed by atoms with Crippen LogP contribution in [0.4, 0.5) is 0 Å². The zero-order valence-electron chi connectivity index (χ0n) is 8.09. The molecule has 3 heteroatoms. The fourth-order valence-electron chi connectivity index (χ4n) is 2.33. The molecule has 76 valence electrons. The summed E-state index contributed by atoms with van der Waals surface area (Å²) in [7, 11) is 0. The average Bonchev–Trinajstić information content (AvgIpc) is 2.57. The van der Waals surface area contributed by atoms with Gasteiger partial charge in [-0.15, -0.1) is 0 Å². The lowest BCUT2D eigenvalue weighted by molar-refractivity contribution is 0.00224. The van der Waals surface area contributed by atoms with Crippen molar-refractivity contribution in [2.24, 2.45) is 0 Å². The summed E-state index contributed by atoms with van der Waals surface area (Å²) in [5.41, 5.74) is -0.340. The molecule has 2 aliphatic heterocycles. The summed E-state index contributed by atoms with van der Waals surface area (Å²) < 4.78 is 0. The van der Waals surface area contributed by atoms with Crippen LogP contribution in [0.1, 0.15) is 32.1 Å². The summed E-state index contributed by atoms with van der Waals surface area (Å²) in [5, 5.41) is 14.3. The number of thioether (sulfide) groups is 1. The van der Waals surface area contributed by atoms with E-state index < -0.39 is 0 Å². The fourth-order valence-corrected chi connectivity index (χ4v) is 3.75. The molecule has 2 rings (SSSR count). The molecule has 2 saturated heterocycles. The molecule has 2 N–H and O–H groups in total. The maximum absolute atomic E-state index is 10.3. The lowest BCUT2D eigenvalue weighted by Gasteiger charge is -2.34. The Labute approximate surface area is 84.5 Å². The maximum Gasteiger partial charge on any atom is 0.0682 e. The van der Waals surface area contributed by atoms with Crippen LogP contribution in [-0.2, 0) is 0 Å². The van der Waals surface area contributed by atoms with Gasteiger partial charge in [0.15, 0.2) is 0 Å². The Balaban J connectivity index is 1.83. The van der Waals surface area contributed by atoms with E-state index in [1.165, 1.54) is 18.6 Å². The Bertz CT molecular complexity index is 162. The molecule has 0 saturated carbocycles. The van der Waals surface area contributed by atoms with Crippen LogP contribution in [0.25, 0.3) is 0 Å². The molecule has 1 unspecified atom stereocenters. The minimum absolute atomic E-state index is 0.340. The zero-order valence-corrected chi connectivity index (χ0v) is 8.91. The molecule has 2 aliphatic rings. The number of aliphatic hydroxyl groups is 1. The van der Waals surface area contributed by atoms with Crippen molar-refractivity contribution in [1.82, 2.24) is 5.32 Å². The number of hydrogen-bond donors (Lipinski definition) is 2. The lowest BCUT2D eigenvalue weighted by atomic mass is 9.87. The summed E-state index contributed by atoms with van der Waals surface area (Å²) in [4.78, 5) is 0. The van der Waals surface area contributed by atoms with E-state index in [-0.39, 0.29) is 5.60 Å². The van der Waals surface area contributed by atoms with Crippen LogP contribution in [0.2, 0.25) is 0 Å². The van der Waals surface area contributed by atoms with Gasteiger partial charge in [-0.3, -0.25) is 0 Å². The van der Waals surface area contributed by atoms with Gasteiger partial charge in [-0.05, 0) is 50.9 Å². The Morgan fingerprint density at radius 2 is 2.15 bits per heavy atom. The third-order valence-electron chi connectivity index (χ3n) is 3.17. The highest BCUT2D eigenvalue weighted by Gasteiger charge is 2.33. The first-order chi connectivity index (χ1) is 6.29. The van der Waals surface area contributed by atoms with Gasteiger partial charge < -0.3 is 10.4 Å². The predicted molar refractivity (Wildman–Crippen MR) is 57.2 cm³/mol. The first kappa shape index (κ1) is 9.81. The van der Waals surface area contributed by atoms with E-state index in [0.717, 1.165) is 37.6 Å². The van der Waals surface area contributed by atoms with E-state index in [9.17, 15) is 5.11 Å². The molecule has 0 spiro atoms. The molecule has 2 nitrogen and oxygen atoms in total.